The lowest BCUT2D eigenvalue weighted by molar-refractivity contribution is 0.413. The maximum Gasteiger partial charge on any atom is 0.261 e. The summed E-state index contributed by atoms with van der Waals surface area (Å²) in [5.74, 6) is 0.729. The second kappa shape index (κ2) is 7.63. The first-order chi connectivity index (χ1) is 12.0. The van der Waals surface area contributed by atoms with Gasteiger partial charge in [0, 0.05) is 30.7 Å². The van der Waals surface area contributed by atoms with Crippen LogP contribution in [0.2, 0.25) is 0 Å². The van der Waals surface area contributed by atoms with Gasteiger partial charge in [0.05, 0.1) is 23.4 Å². The van der Waals surface area contributed by atoms with Crippen molar-refractivity contribution in [2.45, 2.75) is 4.90 Å². The average molecular weight is 426 g/mol. The minimum absolute atomic E-state index is 0.210. The number of hydrogen-bond acceptors (Lipinski definition) is 5. The Morgan fingerprint density at radius 2 is 1.92 bits per heavy atom. The van der Waals surface area contributed by atoms with Gasteiger partial charge in [-0.3, -0.25) is 4.72 Å². The fourth-order valence-electron chi connectivity index (χ4n) is 2.75. The second-order valence-corrected chi connectivity index (χ2v) is 8.28. The smallest absolute Gasteiger partial charge is 0.261 e. The summed E-state index contributed by atoms with van der Waals surface area (Å²) in [6, 6.07) is 11.9. The summed E-state index contributed by atoms with van der Waals surface area (Å²) in [6.07, 6.45) is 0. The van der Waals surface area contributed by atoms with Crippen LogP contribution in [0.4, 0.5) is 11.4 Å². The van der Waals surface area contributed by atoms with E-state index < -0.39 is 10.0 Å². The number of piperazine rings is 1. The molecular formula is C17H20BrN3O3S. The normalized spacial score (nSPS) is 15.0. The van der Waals surface area contributed by atoms with Gasteiger partial charge in [-0.2, -0.15) is 0 Å². The zero-order valence-corrected chi connectivity index (χ0v) is 16.2. The summed E-state index contributed by atoms with van der Waals surface area (Å²) in [7, 11) is -2.04. The molecule has 1 aliphatic rings. The van der Waals surface area contributed by atoms with Gasteiger partial charge in [-0.15, -0.1) is 0 Å². The molecule has 1 heterocycles. The number of nitrogens with zero attached hydrogens (tertiary/aromatic N) is 1. The van der Waals surface area contributed by atoms with Crippen LogP contribution in [0.5, 0.6) is 5.75 Å². The van der Waals surface area contributed by atoms with Crippen LogP contribution in [0.25, 0.3) is 0 Å². The van der Waals surface area contributed by atoms with E-state index in [-0.39, 0.29) is 4.90 Å². The van der Waals surface area contributed by atoms with Crippen LogP contribution in [-0.4, -0.2) is 41.7 Å². The molecule has 1 fully saturated rings. The predicted octanol–water partition coefficient (Wildman–Crippen LogP) is 2.67. The van der Waals surface area contributed by atoms with Crippen molar-refractivity contribution < 1.29 is 13.2 Å². The first-order valence-corrected chi connectivity index (χ1v) is 10.2. The third-order valence-electron chi connectivity index (χ3n) is 4.00. The highest BCUT2D eigenvalue weighted by Crippen LogP contribution is 2.32. The van der Waals surface area contributed by atoms with E-state index in [0.717, 1.165) is 37.6 Å². The Labute approximate surface area is 156 Å². The van der Waals surface area contributed by atoms with Crippen molar-refractivity contribution in [3.8, 4) is 5.75 Å². The van der Waals surface area contributed by atoms with E-state index in [1.807, 2.05) is 6.07 Å². The molecule has 0 aromatic heterocycles. The molecule has 0 spiro atoms. The number of halogens is 1. The summed E-state index contributed by atoms with van der Waals surface area (Å²) in [5, 5.41) is 3.30. The molecule has 0 saturated carbocycles. The highest BCUT2D eigenvalue weighted by Gasteiger charge is 2.18. The second-order valence-electron chi connectivity index (χ2n) is 5.69. The van der Waals surface area contributed by atoms with Crippen molar-refractivity contribution in [2.75, 3.05) is 42.9 Å². The maximum atomic E-state index is 12.6. The van der Waals surface area contributed by atoms with Crippen molar-refractivity contribution >= 4 is 37.3 Å². The van der Waals surface area contributed by atoms with Gasteiger partial charge in [0.1, 0.15) is 5.75 Å². The molecular weight excluding hydrogens is 406 g/mol. The monoisotopic (exact) mass is 425 g/mol. The number of ether oxygens (including phenoxy) is 1. The molecule has 2 aromatic rings. The summed E-state index contributed by atoms with van der Waals surface area (Å²) in [6.45, 7) is 3.46. The molecule has 0 bridgehead atoms. The van der Waals surface area contributed by atoms with Gasteiger partial charge in [0.2, 0.25) is 0 Å². The lowest BCUT2D eigenvalue weighted by atomic mass is 10.2. The van der Waals surface area contributed by atoms with E-state index in [0.29, 0.717) is 10.2 Å². The number of benzene rings is 2. The van der Waals surface area contributed by atoms with E-state index in [2.05, 4.69) is 30.9 Å². The van der Waals surface area contributed by atoms with E-state index in [9.17, 15) is 8.42 Å². The van der Waals surface area contributed by atoms with Crippen molar-refractivity contribution in [3.63, 3.8) is 0 Å². The Kier molecular flexibility index (Phi) is 5.51. The SMILES string of the molecule is COc1ccc(NS(=O)(=O)c2cccc(Br)c2)cc1N1CCNCC1. The fourth-order valence-corrected chi connectivity index (χ4v) is 4.40. The number of sulfonamides is 1. The van der Waals surface area contributed by atoms with E-state index in [1.54, 1.807) is 43.5 Å². The lowest BCUT2D eigenvalue weighted by Gasteiger charge is -2.31. The Hall–Kier alpha value is -1.77. The Bertz CT molecular complexity index is 852. The third kappa shape index (κ3) is 4.26. The number of rotatable bonds is 5. The molecule has 0 unspecified atom stereocenters. The Balaban J connectivity index is 1.89. The summed E-state index contributed by atoms with van der Waals surface area (Å²) in [4.78, 5) is 2.40. The number of hydrogen-bond donors (Lipinski definition) is 2. The molecule has 2 aromatic carbocycles. The average Bonchev–Trinajstić information content (AvgIpc) is 2.62. The quantitative estimate of drug-likeness (QED) is 0.770. The van der Waals surface area contributed by atoms with Crippen LogP contribution in [0.15, 0.2) is 51.8 Å². The molecule has 6 nitrogen and oxygen atoms in total. The summed E-state index contributed by atoms with van der Waals surface area (Å²) >= 11 is 3.30. The van der Waals surface area contributed by atoms with Gasteiger partial charge >= 0.3 is 0 Å². The highest BCUT2D eigenvalue weighted by molar-refractivity contribution is 9.10. The number of anilines is 2. The van der Waals surface area contributed by atoms with Crippen molar-refractivity contribution in [1.82, 2.24) is 5.32 Å². The zero-order chi connectivity index (χ0) is 17.9. The molecule has 1 saturated heterocycles. The molecule has 25 heavy (non-hydrogen) atoms. The third-order valence-corrected chi connectivity index (χ3v) is 5.87. The Morgan fingerprint density at radius 1 is 1.16 bits per heavy atom. The topological polar surface area (TPSA) is 70.7 Å². The maximum absolute atomic E-state index is 12.6. The van der Waals surface area contributed by atoms with Gasteiger partial charge in [0.15, 0.2) is 0 Å². The van der Waals surface area contributed by atoms with E-state index in [1.165, 1.54) is 0 Å². The van der Waals surface area contributed by atoms with Gasteiger partial charge in [-0.05, 0) is 36.4 Å². The van der Waals surface area contributed by atoms with Crippen LogP contribution >= 0.6 is 15.9 Å². The molecule has 2 N–H and O–H groups in total. The summed E-state index contributed by atoms with van der Waals surface area (Å²) in [5.41, 5.74) is 1.40. The van der Waals surface area contributed by atoms with Crippen molar-refractivity contribution in [3.05, 3.63) is 46.9 Å². The number of methoxy groups -OCH3 is 1. The van der Waals surface area contributed by atoms with Crippen LogP contribution in [0.1, 0.15) is 0 Å². The minimum atomic E-state index is -3.65. The van der Waals surface area contributed by atoms with Crippen molar-refractivity contribution in [1.29, 1.82) is 0 Å². The first-order valence-electron chi connectivity index (χ1n) is 7.92. The van der Waals surface area contributed by atoms with Crippen LogP contribution in [0, 0.1) is 0 Å². The molecule has 134 valence electrons. The van der Waals surface area contributed by atoms with Crippen LogP contribution in [0.3, 0.4) is 0 Å². The lowest BCUT2D eigenvalue weighted by Crippen LogP contribution is -2.43. The van der Waals surface area contributed by atoms with Gasteiger partial charge in [-0.25, -0.2) is 8.42 Å². The first kappa shape index (κ1) is 18.0. The Morgan fingerprint density at radius 3 is 2.60 bits per heavy atom. The molecule has 0 aliphatic carbocycles. The van der Waals surface area contributed by atoms with Gasteiger partial charge < -0.3 is 15.0 Å². The van der Waals surface area contributed by atoms with Crippen LogP contribution < -0.4 is 19.7 Å². The predicted molar refractivity (Wildman–Crippen MR) is 103 cm³/mol. The molecule has 1 aliphatic heterocycles. The molecule has 0 radical (unpaired) electrons. The standard InChI is InChI=1S/C17H20BrN3O3S/c1-24-17-6-5-14(12-16(17)21-9-7-19-8-10-21)20-25(22,23)15-4-2-3-13(18)11-15/h2-6,11-12,19-20H,7-10H2,1H3. The largest absolute Gasteiger partial charge is 0.495 e. The van der Waals surface area contributed by atoms with Gasteiger partial charge in [-0.1, -0.05) is 22.0 Å². The van der Waals surface area contributed by atoms with Crippen molar-refractivity contribution in [2.24, 2.45) is 0 Å². The highest BCUT2D eigenvalue weighted by atomic mass is 79.9. The van der Waals surface area contributed by atoms with E-state index >= 15 is 0 Å². The molecule has 8 heteroatoms. The molecule has 3 rings (SSSR count). The zero-order valence-electron chi connectivity index (χ0n) is 13.8. The minimum Gasteiger partial charge on any atom is -0.495 e. The molecule has 0 atom stereocenters. The number of nitrogens with one attached hydrogen (secondary N) is 2. The van der Waals surface area contributed by atoms with Crippen LogP contribution in [-0.2, 0) is 10.0 Å². The van der Waals surface area contributed by atoms with E-state index in [4.69, 9.17) is 4.74 Å². The fraction of sp³-hybridized carbons (Fsp3) is 0.294. The summed E-state index contributed by atoms with van der Waals surface area (Å²) < 4.78 is 34.0. The molecule has 0 amide bonds. The van der Waals surface area contributed by atoms with Gasteiger partial charge in [0.25, 0.3) is 10.0 Å².